The first-order chi connectivity index (χ1) is 14.9. The van der Waals surface area contributed by atoms with Gasteiger partial charge in [0.15, 0.2) is 0 Å². The van der Waals surface area contributed by atoms with E-state index in [0.29, 0.717) is 24.5 Å². The Morgan fingerprint density at radius 2 is 1.81 bits per heavy atom. The molecule has 168 valence electrons. The fourth-order valence-corrected chi connectivity index (χ4v) is 7.19. The molecule has 5 fully saturated rings. The summed E-state index contributed by atoms with van der Waals surface area (Å²) < 4.78 is 0. The number of nitrogens with one attached hydrogen (secondary N) is 1. The molecule has 1 aliphatic heterocycles. The van der Waals surface area contributed by atoms with Crippen molar-refractivity contribution in [3.05, 3.63) is 28.8 Å². The van der Waals surface area contributed by atoms with Gasteiger partial charge in [-0.3, -0.25) is 14.5 Å². The number of hydrogen-bond donors (Lipinski definition) is 2. The lowest BCUT2D eigenvalue weighted by Crippen LogP contribution is -2.51. The summed E-state index contributed by atoms with van der Waals surface area (Å²) in [6.07, 6.45) is 7.08. The van der Waals surface area contributed by atoms with Crippen molar-refractivity contribution in [2.45, 2.75) is 45.1 Å². The summed E-state index contributed by atoms with van der Waals surface area (Å²) >= 11 is 6.09. The number of nitrogens with zero attached hydrogens (tertiary/aromatic N) is 2. The highest BCUT2D eigenvalue weighted by Gasteiger charge is 2.56. The molecule has 4 saturated carbocycles. The quantitative estimate of drug-likeness (QED) is 0.661. The Balaban J connectivity index is 1.05. The van der Waals surface area contributed by atoms with E-state index >= 15 is 0 Å². The molecule has 5 aliphatic rings. The minimum Gasteiger partial charge on any atom is -0.398 e. The van der Waals surface area contributed by atoms with Crippen molar-refractivity contribution in [3.63, 3.8) is 0 Å². The van der Waals surface area contributed by atoms with E-state index in [9.17, 15) is 9.59 Å². The first-order valence-corrected chi connectivity index (χ1v) is 12.1. The van der Waals surface area contributed by atoms with E-state index in [1.165, 1.54) is 32.1 Å². The Morgan fingerprint density at radius 3 is 2.48 bits per heavy atom. The predicted octanol–water partition coefficient (Wildman–Crippen LogP) is 2.90. The highest BCUT2D eigenvalue weighted by molar-refractivity contribution is 6.30. The van der Waals surface area contributed by atoms with Gasteiger partial charge in [0.25, 0.3) is 0 Å². The van der Waals surface area contributed by atoms with Crippen LogP contribution in [0.15, 0.2) is 18.2 Å². The molecule has 0 spiro atoms. The summed E-state index contributed by atoms with van der Waals surface area (Å²) in [6.45, 7) is 3.77. The number of nitrogens with two attached hydrogens (primary N) is 1. The summed E-state index contributed by atoms with van der Waals surface area (Å²) in [5.74, 6) is 2.66. The van der Waals surface area contributed by atoms with Crippen molar-refractivity contribution < 1.29 is 9.59 Å². The van der Waals surface area contributed by atoms with Crippen molar-refractivity contribution in [1.29, 1.82) is 0 Å². The molecular formula is C24H33ClN4O2. The van der Waals surface area contributed by atoms with Crippen LogP contribution in [0, 0.1) is 23.2 Å². The minimum atomic E-state index is 0.0172. The van der Waals surface area contributed by atoms with E-state index in [0.717, 1.165) is 48.6 Å². The second-order valence-corrected chi connectivity index (χ2v) is 10.9. The second kappa shape index (κ2) is 8.28. The molecule has 4 bridgehead atoms. The summed E-state index contributed by atoms with van der Waals surface area (Å²) in [4.78, 5) is 29.4. The average Bonchev–Trinajstić information content (AvgIpc) is 3.15. The molecule has 3 N–H and O–H groups in total. The van der Waals surface area contributed by atoms with Gasteiger partial charge in [0.1, 0.15) is 0 Å². The summed E-state index contributed by atoms with van der Waals surface area (Å²) in [6, 6.07) is 5.54. The smallest absolute Gasteiger partial charge is 0.242 e. The Morgan fingerprint density at radius 1 is 1.10 bits per heavy atom. The number of amides is 2. The highest BCUT2D eigenvalue weighted by atomic mass is 35.5. The van der Waals surface area contributed by atoms with Crippen molar-refractivity contribution in [3.8, 4) is 0 Å². The number of carbonyl (C=O) groups excluding carboxylic acids is 2. The lowest BCUT2D eigenvalue weighted by molar-refractivity contribution is -0.135. The van der Waals surface area contributed by atoms with E-state index in [4.69, 9.17) is 17.3 Å². The Labute approximate surface area is 189 Å². The summed E-state index contributed by atoms with van der Waals surface area (Å²) in [5.41, 5.74) is 8.06. The van der Waals surface area contributed by atoms with Gasteiger partial charge in [-0.1, -0.05) is 11.6 Å². The Kier molecular flexibility index (Phi) is 5.63. The van der Waals surface area contributed by atoms with E-state index in [1.54, 1.807) is 6.07 Å². The van der Waals surface area contributed by atoms with Crippen molar-refractivity contribution in [2.24, 2.45) is 23.2 Å². The molecular weight excluding hydrogens is 412 g/mol. The maximum Gasteiger partial charge on any atom is 0.242 e. The lowest BCUT2D eigenvalue weighted by atomic mass is 9.67. The second-order valence-electron chi connectivity index (χ2n) is 10.4. The lowest BCUT2D eigenvalue weighted by Gasteiger charge is -2.38. The topological polar surface area (TPSA) is 78.7 Å². The number of piperazine rings is 1. The zero-order valence-electron chi connectivity index (χ0n) is 18.1. The van der Waals surface area contributed by atoms with Gasteiger partial charge in [-0.05, 0) is 79.0 Å². The third kappa shape index (κ3) is 4.42. The number of rotatable bonds is 6. The van der Waals surface area contributed by atoms with Crippen LogP contribution >= 0.6 is 11.6 Å². The largest absolute Gasteiger partial charge is 0.398 e. The molecule has 31 heavy (non-hydrogen) atoms. The van der Waals surface area contributed by atoms with Gasteiger partial charge in [0.05, 0.1) is 6.54 Å². The fourth-order valence-electron chi connectivity index (χ4n) is 6.99. The minimum absolute atomic E-state index is 0.0172. The maximum atomic E-state index is 12.6. The molecule has 6 rings (SSSR count). The van der Waals surface area contributed by atoms with Crippen LogP contribution in [0.3, 0.4) is 0 Å². The number of halogens is 1. The Bertz CT molecular complexity index is 848. The number of carbonyl (C=O) groups is 2. The molecule has 7 heteroatoms. The molecule has 2 amide bonds. The first kappa shape index (κ1) is 21.1. The van der Waals surface area contributed by atoms with E-state index in [-0.39, 0.29) is 23.8 Å². The highest BCUT2D eigenvalue weighted by Crippen LogP contribution is 2.65. The van der Waals surface area contributed by atoms with Gasteiger partial charge in [-0.15, -0.1) is 0 Å². The zero-order chi connectivity index (χ0) is 21.6. The van der Waals surface area contributed by atoms with Crippen LogP contribution in [0.25, 0.3) is 0 Å². The van der Waals surface area contributed by atoms with Gasteiger partial charge in [0, 0.05) is 49.9 Å². The van der Waals surface area contributed by atoms with E-state index in [1.807, 2.05) is 17.0 Å². The van der Waals surface area contributed by atoms with Gasteiger partial charge >= 0.3 is 0 Å². The van der Waals surface area contributed by atoms with Crippen LogP contribution in [-0.4, -0.2) is 54.3 Å². The van der Waals surface area contributed by atoms with E-state index < -0.39 is 0 Å². The predicted molar refractivity (Wildman–Crippen MR) is 121 cm³/mol. The number of hydrogen-bond acceptors (Lipinski definition) is 4. The molecule has 2 atom stereocenters. The molecule has 4 aliphatic carbocycles. The SMILES string of the molecule is Nc1ccc(Cl)cc1CN1CCN(C(=O)CNC(=O)CC23CC4CC(C2)C(C4)C3)CC1. The van der Waals surface area contributed by atoms with Crippen molar-refractivity contribution >= 4 is 29.1 Å². The molecule has 1 aromatic rings. The number of anilines is 1. The number of benzene rings is 1. The van der Waals surface area contributed by atoms with Crippen LogP contribution < -0.4 is 11.1 Å². The van der Waals surface area contributed by atoms with Gasteiger partial charge in [0.2, 0.25) is 11.8 Å². The first-order valence-electron chi connectivity index (χ1n) is 11.7. The average molecular weight is 445 g/mol. The van der Waals surface area contributed by atoms with Crippen LogP contribution in [0.1, 0.15) is 44.1 Å². The molecule has 1 aromatic carbocycles. The molecule has 2 unspecified atom stereocenters. The third-order valence-electron chi connectivity index (χ3n) is 8.25. The van der Waals surface area contributed by atoms with Crippen LogP contribution in [-0.2, 0) is 16.1 Å². The Hall–Kier alpha value is -1.79. The van der Waals surface area contributed by atoms with Gasteiger partial charge in [-0.25, -0.2) is 0 Å². The molecule has 1 saturated heterocycles. The zero-order valence-corrected chi connectivity index (χ0v) is 18.9. The monoisotopic (exact) mass is 444 g/mol. The molecule has 1 heterocycles. The van der Waals surface area contributed by atoms with Gasteiger partial charge in [-0.2, -0.15) is 0 Å². The van der Waals surface area contributed by atoms with Gasteiger partial charge < -0.3 is 16.0 Å². The molecule has 6 nitrogen and oxygen atoms in total. The maximum absolute atomic E-state index is 12.6. The fraction of sp³-hybridized carbons (Fsp3) is 0.667. The molecule has 0 radical (unpaired) electrons. The third-order valence-corrected chi connectivity index (χ3v) is 8.48. The van der Waals surface area contributed by atoms with Crippen LogP contribution in [0.5, 0.6) is 0 Å². The number of nitrogen functional groups attached to an aromatic ring is 1. The summed E-state index contributed by atoms with van der Waals surface area (Å²) in [5, 5.41) is 3.61. The van der Waals surface area contributed by atoms with Crippen LogP contribution in [0.2, 0.25) is 5.02 Å². The van der Waals surface area contributed by atoms with Crippen molar-refractivity contribution in [2.75, 3.05) is 38.5 Å². The summed E-state index contributed by atoms with van der Waals surface area (Å²) in [7, 11) is 0. The van der Waals surface area contributed by atoms with Crippen molar-refractivity contribution in [1.82, 2.24) is 15.1 Å². The normalized spacial score (nSPS) is 31.9. The molecule has 0 aromatic heterocycles. The van der Waals surface area contributed by atoms with E-state index in [2.05, 4.69) is 10.2 Å². The standard InChI is InChI=1S/C24H33ClN4O2/c25-20-1-2-21(26)19(9-20)15-28-3-5-29(6-4-28)23(31)14-27-22(30)13-24-10-16-7-17(11-24)18(8-16)12-24/h1-2,9,16-18H,3-8,10-15,26H2,(H,27,30). The van der Waals surface area contributed by atoms with Crippen LogP contribution in [0.4, 0.5) is 5.69 Å².